The summed E-state index contributed by atoms with van der Waals surface area (Å²) in [5, 5.41) is 3.18. The Bertz CT molecular complexity index is 377. The number of likely N-dealkylation sites (N-methyl/N-ethyl adjacent to an activating group) is 1. The van der Waals surface area contributed by atoms with E-state index in [1.807, 2.05) is 7.05 Å². The molecule has 0 amide bonds. The molecule has 0 radical (unpaired) electrons. The molecular weight excluding hydrogens is 246 g/mol. The average Bonchev–Trinajstić information content (AvgIpc) is 2.43. The average molecular weight is 275 g/mol. The van der Waals surface area contributed by atoms with Crippen molar-refractivity contribution in [3.05, 3.63) is 35.4 Å². The fraction of sp³-hybridized carbons (Fsp3) is 0.667. The van der Waals surface area contributed by atoms with Crippen molar-refractivity contribution >= 4 is 0 Å². The first-order chi connectivity index (χ1) is 9.67. The van der Waals surface area contributed by atoms with Gasteiger partial charge >= 0.3 is 0 Å². The quantitative estimate of drug-likeness (QED) is 0.853. The van der Waals surface area contributed by atoms with E-state index in [0.29, 0.717) is 6.10 Å². The van der Waals surface area contributed by atoms with Gasteiger partial charge in [-0.1, -0.05) is 38.1 Å². The van der Waals surface area contributed by atoms with Crippen LogP contribution in [0, 0.1) is 11.8 Å². The molecule has 0 spiro atoms. The van der Waals surface area contributed by atoms with E-state index < -0.39 is 0 Å². The highest BCUT2D eigenvalue weighted by atomic mass is 16.5. The Hall–Kier alpha value is -0.860. The third kappa shape index (κ3) is 4.92. The van der Waals surface area contributed by atoms with Crippen molar-refractivity contribution in [2.24, 2.45) is 11.8 Å². The Morgan fingerprint density at radius 3 is 2.20 bits per heavy atom. The normalized spacial score (nSPS) is 26.6. The van der Waals surface area contributed by atoms with Crippen molar-refractivity contribution in [3.63, 3.8) is 0 Å². The number of ether oxygens (including phenoxy) is 1. The molecule has 1 saturated carbocycles. The summed E-state index contributed by atoms with van der Waals surface area (Å²) in [5.41, 5.74) is 2.69. The van der Waals surface area contributed by atoms with Crippen molar-refractivity contribution in [1.82, 2.24) is 5.32 Å². The molecule has 1 N–H and O–H groups in total. The van der Waals surface area contributed by atoms with Gasteiger partial charge in [0.1, 0.15) is 0 Å². The van der Waals surface area contributed by atoms with Gasteiger partial charge in [0.25, 0.3) is 0 Å². The number of hydrogen-bond donors (Lipinski definition) is 1. The summed E-state index contributed by atoms with van der Waals surface area (Å²) in [7, 11) is 1.99. The number of benzene rings is 1. The zero-order valence-corrected chi connectivity index (χ0v) is 13.2. The molecule has 0 saturated heterocycles. The van der Waals surface area contributed by atoms with Crippen LogP contribution in [-0.2, 0) is 17.8 Å². The summed E-state index contributed by atoms with van der Waals surface area (Å²) in [4.78, 5) is 0. The molecule has 1 aliphatic rings. The summed E-state index contributed by atoms with van der Waals surface area (Å²) in [5.74, 6) is 1.63. The lowest BCUT2D eigenvalue weighted by Crippen LogP contribution is -2.26. The lowest BCUT2D eigenvalue weighted by Gasteiger charge is -2.31. The van der Waals surface area contributed by atoms with Crippen LogP contribution in [0.25, 0.3) is 0 Å². The Kier molecular flexibility index (Phi) is 6.06. The molecule has 20 heavy (non-hydrogen) atoms. The smallest absolute Gasteiger partial charge is 0.0720 e. The van der Waals surface area contributed by atoms with Crippen molar-refractivity contribution in [3.8, 4) is 0 Å². The predicted molar refractivity (Wildman–Crippen MR) is 84.8 cm³/mol. The highest BCUT2D eigenvalue weighted by Crippen LogP contribution is 2.30. The van der Waals surface area contributed by atoms with Crippen LogP contribution in [0.4, 0.5) is 0 Å². The van der Waals surface area contributed by atoms with Crippen molar-refractivity contribution in [2.75, 3.05) is 13.6 Å². The fourth-order valence-electron chi connectivity index (χ4n) is 3.29. The minimum Gasteiger partial charge on any atom is -0.374 e. The van der Waals surface area contributed by atoms with E-state index >= 15 is 0 Å². The first-order valence-electron chi connectivity index (χ1n) is 8.01. The Balaban J connectivity index is 1.78. The molecule has 2 rings (SSSR count). The van der Waals surface area contributed by atoms with Gasteiger partial charge in [-0.3, -0.25) is 0 Å². The van der Waals surface area contributed by atoms with Gasteiger partial charge in [-0.05, 0) is 62.2 Å². The predicted octanol–water partition coefficient (Wildman–Crippen LogP) is 3.79. The molecule has 1 aromatic rings. The van der Waals surface area contributed by atoms with E-state index in [9.17, 15) is 0 Å². The lowest BCUT2D eigenvalue weighted by molar-refractivity contribution is -0.00915. The molecule has 2 atom stereocenters. The molecule has 1 aliphatic carbocycles. The first-order valence-corrected chi connectivity index (χ1v) is 8.01. The molecule has 2 heteroatoms. The van der Waals surface area contributed by atoms with E-state index in [0.717, 1.165) is 31.4 Å². The molecular formula is C18H29NO. The highest BCUT2D eigenvalue weighted by molar-refractivity contribution is 5.22. The topological polar surface area (TPSA) is 21.3 Å². The molecule has 0 aromatic heterocycles. The van der Waals surface area contributed by atoms with Crippen LogP contribution in [0.15, 0.2) is 24.3 Å². The standard InChI is InChI=1S/C18H29NO/c1-14-10-15(2)12-18(11-14)20-13-17-6-4-16(5-7-17)8-9-19-3/h4-7,14-15,18-19H,8-13H2,1-3H3. The van der Waals surface area contributed by atoms with Crippen LogP contribution in [0.3, 0.4) is 0 Å². The molecule has 112 valence electrons. The van der Waals surface area contributed by atoms with Crippen molar-refractivity contribution in [1.29, 1.82) is 0 Å². The molecule has 1 aromatic carbocycles. The maximum Gasteiger partial charge on any atom is 0.0720 e. The zero-order chi connectivity index (χ0) is 14.4. The monoisotopic (exact) mass is 275 g/mol. The summed E-state index contributed by atoms with van der Waals surface area (Å²) in [6, 6.07) is 8.87. The van der Waals surface area contributed by atoms with Gasteiger partial charge < -0.3 is 10.1 Å². The van der Waals surface area contributed by atoms with Gasteiger partial charge in [-0.2, -0.15) is 0 Å². The van der Waals surface area contributed by atoms with Crippen molar-refractivity contribution in [2.45, 2.75) is 52.2 Å². The fourth-order valence-corrected chi connectivity index (χ4v) is 3.29. The van der Waals surface area contributed by atoms with Crippen LogP contribution in [0.2, 0.25) is 0 Å². The molecule has 2 unspecified atom stereocenters. The minimum absolute atomic E-state index is 0.456. The zero-order valence-electron chi connectivity index (χ0n) is 13.2. The number of rotatable bonds is 6. The van der Waals surface area contributed by atoms with Gasteiger partial charge in [0, 0.05) is 0 Å². The summed E-state index contributed by atoms with van der Waals surface area (Å²) in [6.07, 6.45) is 5.36. The Morgan fingerprint density at radius 2 is 1.60 bits per heavy atom. The van der Waals surface area contributed by atoms with Crippen LogP contribution < -0.4 is 5.32 Å². The summed E-state index contributed by atoms with van der Waals surface area (Å²) < 4.78 is 6.12. The van der Waals surface area contributed by atoms with Gasteiger partial charge in [0.2, 0.25) is 0 Å². The maximum absolute atomic E-state index is 6.12. The second-order valence-corrected chi connectivity index (χ2v) is 6.52. The molecule has 0 heterocycles. The van der Waals surface area contributed by atoms with E-state index in [1.54, 1.807) is 0 Å². The van der Waals surface area contributed by atoms with Crippen LogP contribution in [0.5, 0.6) is 0 Å². The second kappa shape index (κ2) is 7.80. The van der Waals surface area contributed by atoms with E-state index in [4.69, 9.17) is 4.74 Å². The highest BCUT2D eigenvalue weighted by Gasteiger charge is 2.24. The lowest BCUT2D eigenvalue weighted by atomic mass is 9.82. The largest absolute Gasteiger partial charge is 0.374 e. The third-order valence-electron chi connectivity index (χ3n) is 4.31. The summed E-state index contributed by atoms with van der Waals surface area (Å²) >= 11 is 0. The van der Waals surface area contributed by atoms with Crippen molar-refractivity contribution < 1.29 is 4.74 Å². The van der Waals surface area contributed by atoms with E-state index in [-0.39, 0.29) is 0 Å². The van der Waals surface area contributed by atoms with Gasteiger partial charge in [-0.15, -0.1) is 0 Å². The number of nitrogens with one attached hydrogen (secondary N) is 1. The Labute approximate surface area is 123 Å². The first kappa shape index (κ1) is 15.5. The third-order valence-corrected chi connectivity index (χ3v) is 4.31. The molecule has 2 nitrogen and oxygen atoms in total. The van der Waals surface area contributed by atoms with Gasteiger partial charge in [0.05, 0.1) is 12.7 Å². The minimum atomic E-state index is 0.456. The molecule has 0 bridgehead atoms. The van der Waals surface area contributed by atoms with Gasteiger partial charge in [0.15, 0.2) is 0 Å². The summed E-state index contributed by atoms with van der Waals surface area (Å²) in [6.45, 7) is 6.50. The van der Waals surface area contributed by atoms with Crippen LogP contribution in [0.1, 0.15) is 44.2 Å². The SMILES string of the molecule is CNCCc1ccc(COC2CC(C)CC(C)C2)cc1. The Morgan fingerprint density at radius 1 is 1.00 bits per heavy atom. The van der Waals surface area contributed by atoms with Crippen LogP contribution >= 0.6 is 0 Å². The van der Waals surface area contributed by atoms with E-state index in [1.165, 1.54) is 30.4 Å². The van der Waals surface area contributed by atoms with E-state index in [2.05, 4.69) is 43.4 Å². The van der Waals surface area contributed by atoms with Crippen LogP contribution in [-0.4, -0.2) is 19.7 Å². The second-order valence-electron chi connectivity index (χ2n) is 6.52. The van der Waals surface area contributed by atoms with Gasteiger partial charge in [-0.25, -0.2) is 0 Å². The molecule has 1 fully saturated rings. The maximum atomic E-state index is 6.12. The number of hydrogen-bond acceptors (Lipinski definition) is 2. The molecule has 0 aliphatic heterocycles.